The number of carboxylic acid groups (broad SMARTS) is 1. The summed E-state index contributed by atoms with van der Waals surface area (Å²) in [6.07, 6.45) is 2.39. The molecule has 1 atom stereocenters. The Kier molecular flexibility index (Phi) is 6.87. The lowest BCUT2D eigenvalue weighted by Gasteiger charge is -2.19. The third-order valence-corrected chi connectivity index (χ3v) is 4.21. The Morgan fingerprint density at radius 3 is 2.60 bits per heavy atom. The fourth-order valence-corrected chi connectivity index (χ4v) is 2.82. The van der Waals surface area contributed by atoms with E-state index in [1.54, 1.807) is 7.11 Å². The fourth-order valence-electron chi connectivity index (χ4n) is 2.82. The molecule has 0 aliphatic heterocycles. The molecule has 0 spiro atoms. The molecule has 0 saturated carbocycles. The lowest BCUT2D eigenvalue weighted by Crippen LogP contribution is -2.16. The van der Waals surface area contributed by atoms with Crippen LogP contribution in [0, 0.1) is 6.92 Å². The number of carboxylic acids is 1. The number of benzene rings is 2. The largest absolute Gasteiger partial charge is 0.496 e. The number of aryl methyl sites for hydroxylation is 1. The zero-order valence-electron chi connectivity index (χ0n) is 15.1. The molecule has 0 aliphatic rings. The van der Waals surface area contributed by atoms with Crippen molar-refractivity contribution in [2.75, 3.05) is 13.7 Å². The van der Waals surface area contributed by atoms with Crippen LogP contribution in [0.1, 0.15) is 42.4 Å². The quantitative estimate of drug-likeness (QED) is 0.677. The summed E-state index contributed by atoms with van der Waals surface area (Å²) in [7, 11) is 1.56. The molecular formula is C21H26O4. The van der Waals surface area contributed by atoms with E-state index in [4.69, 9.17) is 9.47 Å². The summed E-state index contributed by atoms with van der Waals surface area (Å²) in [5.41, 5.74) is 2.60. The van der Waals surface area contributed by atoms with Crippen molar-refractivity contribution in [1.82, 2.24) is 0 Å². The topological polar surface area (TPSA) is 55.8 Å². The average Bonchev–Trinajstić information content (AvgIpc) is 2.60. The molecule has 0 amide bonds. The van der Waals surface area contributed by atoms with E-state index in [0.717, 1.165) is 29.7 Å². The maximum Gasteiger partial charge on any atom is 0.311 e. The van der Waals surface area contributed by atoms with Gasteiger partial charge >= 0.3 is 5.97 Å². The van der Waals surface area contributed by atoms with Crippen LogP contribution in [0.2, 0.25) is 0 Å². The van der Waals surface area contributed by atoms with Crippen molar-refractivity contribution < 1.29 is 19.4 Å². The molecule has 0 saturated heterocycles. The molecule has 4 nitrogen and oxygen atoms in total. The highest BCUT2D eigenvalue weighted by Gasteiger charge is 2.25. The first-order chi connectivity index (χ1) is 12.1. The van der Waals surface area contributed by atoms with Crippen LogP contribution in [0.5, 0.6) is 11.5 Å². The second kappa shape index (κ2) is 9.11. The number of para-hydroxylation sites is 1. The maximum absolute atomic E-state index is 12.0. The molecule has 0 aliphatic carbocycles. The molecule has 0 heterocycles. The molecule has 2 rings (SSSR count). The highest BCUT2D eigenvalue weighted by Crippen LogP contribution is 2.33. The smallest absolute Gasteiger partial charge is 0.311 e. The standard InChI is InChI=1S/C21H26O4/c1-4-5-12-25-19-9-7-6-8-16(19)14-18(21(22)23)17-13-15(2)10-11-20(17)24-3/h6-11,13,18H,4-5,12,14H2,1-3H3,(H,22,23). The van der Waals surface area contributed by atoms with Crippen LogP contribution in [0.3, 0.4) is 0 Å². The Bertz CT molecular complexity index is 709. The number of rotatable bonds is 9. The maximum atomic E-state index is 12.0. The van der Waals surface area contributed by atoms with Gasteiger partial charge in [-0.25, -0.2) is 0 Å². The summed E-state index contributed by atoms with van der Waals surface area (Å²) < 4.78 is 11.2. The highest BCUT2D eigenvalue weighted by molar-refractivity contribution is 5.78. The molecule has 1 N–H and O–H groups in total. The molecule has 0 radical (unpaired) electrons. The lowest BCUT2D eigenvalue weighted by molar-refractivity contribution is -0.138. The van der Waals surface area contributed by atoms with Crippen LogP contribution in [0.25, 0.3) is 0 Å². The van der Waals surface area contributed by atoms with E-state index in [-0.39, 0.29) is 0 Å². The number of hydrogen-bond acceptors (Lipinski definition) is 3. The van der Waals surface area contributed by atoms with Gasteiger partial charge < -0.3 is 14.6 Å². The molecule has 134 valence electrons. The minimum absolute atomic E-state index is 0.359. The van der Waals surface area contributed by atoms with Crippen LogP contribution < -0.4 is 9.47 Å². The lowest BCUT2D eigenvalue weighted by atomic mass is 9.90. The molecule has 0 bridgehead atoms. The van der Waals surface area contributed by atoms with E-state index in [9.17, 15) is 9.90 Å². The summed E-state index contributed by atoms with van der Waals surface area (Å²) >= 11 is 0. The summed E-state index contributed by atoms with van der Waals surface area (Å²) in [5.74, 6) is -0.200. The predicted octanol–water partition coefficient (Wildman–Crippen LogP) is 4.59. The Hall–Kier alpha value is -2.49. The first kappa shape index (κ1) is 18.8. The van der Waals surface area contributed by atoms with Gasteiger partial charge in [0, 0.05) is 5.56 Å². The van der Waals surface area contributed by atoms with E-state index < -0.39 is 11.9 Å². The van der Waals surface area contributed by atoms with Crippen LogP contribution in [-0.2, 0) is 11.2 Å². The Morgan fingerprint density at radius 2 is 1.92 bits per heavy atom. The van der Waals surface area contributed by atoms with Crippen molar-refractivity contribution >= 4 is 5.97 Å². The van der Waals surface area contributed by atoms with Gasteiger partial charge in [-0.3, -0.25) is 4.79 Å². The normalized spacial score (nSPS) is 11.8. The second-order valence-electron chi connectivity index (χ2n) is 6.15. The molecule has 0 fully saturated rings. The predicted molar refractivity (Wildman–Crippen MR) is 98.7 cm³/mol. The highest BCUT2D eigenvalue weighted by atomic mass is 16.5. The van der Waals surface area contributed by atoms with Crippen molar-refractivity contribution in [3.63, 3.8) is 0 Å². The van der Waals surface area contributed by atoms with E-state index in [1.165, 1.54) is 0 Å². The van der Waals surface area contributed by atoms with Crippen molar-refractivity contribution in [3.8, 4) is 11.5 Å². The van der Waals surface area contributed by atoms with Gasteiger partial charge in [0.05, 0.1) is 19.6 Å². The first-order valence-corrected chi connectivity index (χ1v) is 8.64. The molecule has 2 aromatic carbocycles. The number of carbonyl (C=O) groups is 1. The SMILES string of the molecule is CCCCOc1ccccc1CC(C(=O)O)c1cc(C)ccc1OC. The van der Waals surface area contributed by atoms with Crippen molar-refractivity contribution in [2.24, 2.45) is 0 Å². The summed E-state index contributed by atoms with van der Waals surface area (Å²) in [4.78, 5) is 12.0. The number of ether oxygens (including phenoxy) is 2. The van der Waals surface area contributed by atoms with Gasteiger partial charge in [0.25, 0.3) is 0 Å². The second-order valence-corrected chi connectivity index (χ2v) is 6.15. The molecule has 0 aromatic heterocycles. The Balaban J connectivity index is 2.32. The molecule has 2 aromatic rings. The number of hydrogen-bond donors (Lipinski definition) is 1. The Morgan fingerprint density at radius 1 is 1.16 bits per heavy atom. The van der Waals surface area contributed by atoms with E-state index in [2.05, 4.69) is 6.92 Å². The fraction of sp³-hybridized carbons (Fsp3) is 0.381. The monoisotopic (exact) mass is 342 g/mol. The van der Waals surface area contributed by atoms with Gasteiger partial charge in [-0.15, -0.1) is 0 Å². The number of aliphatic carboxylic acids is 1. The zero-order valence-corrected chi connectivity index (χ0v) is 15.1. The number of methoxy groups -OCH3 is 1. The van der Waals surface area contributed by atoms with Crippen LogP contribution in [-0.4, -0.2) is 24.8 Å². The first-order valence-electron chi connectivity index (χ1n) is 8.64. The minimum atomic E-state index is -0.868. The minimum Gasteiger partial charge on any atom is -0.496 e. The van der Waals surface area contributed by atoms with E-state index in [0.29, 0.717) is 24.3 Å². The summed E-state index contributed by atoms with van der Waals surface area (Å²) in [5, 5.41) is 9.81. The van der Waals surface area contributed by atoms with Gasteiger partial charge in [-0.1, -0.05) is 49.2 Å². The van der Waals surface area contributed by atoms with E-state index in [1.807, 2.05) is 49.4 Å². The molecule has 1 unspecified atom stereocenters. The number of unbranched alkanes of at least 4 members (excludes halogenated alkanes) is 1. The van der Waals surface area contributed by atoms with Gasteiger partial charge in [0.1, 0.15) is 11.5 Å². The van der Waals surface area contributed by atoms with Crippen molar-refractivity contribution in [3.05, 3.63) is 59.2 Å². The summed E-state index contributed by atoms with van der Waals surface area (Å²) in [6.45, 7) is 4.70. The van der Waals surface area contributed by atoms with Gasteiger partial charge in [-0.2, -0.15) is 0 Å². The van der Waals surface area contributed by atoms with Crippen molar-refractivity contribution in [1.29, 1.82) is 0 Å². The van der Waals surface area contributed by atoms with Crippen LogP contribution in [0.4, 0.5) is 0 Å². The van der Waals surface area contributed by atoms with E-state index >= 15 is 0 Å². The molecule has 4 heteroatoms. The van der Waals surface area contributed by atoms with Gasteiger partial charge in [0.2, 0.25) is 0 Å². The third-order valence-electron chi connectivity index (χ3n) is 4.21. The zero-order chi connectivity index (χ0) is 18.2. The Labute approximate surface area is 149 Å². The molecule has 25 heavy (non-hydrogen) atoms. The van der Waals surface area contributed by atoms with Crippen LogP contribution >= 0.6 is 0 Å². The van der Waals surface area contributed by atoms with Crippen molar-refractivity contribution in [2.45, 2.75) is 39.0 Å². The average molecular weight is 342 g/mol. The van der Waals surface area contributed by atoms with Gasteiger partial charge in [0.15, 0.2) is 0 Å². The molecular weight excluding hydrogens is 316 g/mol. The third kappa shape index (κ3) is 4.99. The summed E-state index contributed by atoms with van der Waals surface area (Å²) in [6, 6.07) is 13.3. The van der Waals surface area contributed by atoms with Crippen LogP contribution in [0.15, 0.2) is 42.5 Å². The van der Waals surface area contributed by atoms with Gasteiger partial charge in [-0.05, 0) is 37.5 Å².